The van der Waals surface area contributed by atoms with E-state index in [-0.39, 0.29) is 11.3 Å². The summed E-state index contributed by atoms with van der Waals surface area (Å²) in [7, 11) is 2.03. The normalized spacial score (nSPS) is 18.1. The van der Waals surface area contributed by atoms with Crippen LogP contribution in [0.4, 0.5) is 0 Å². The molecule has 0 saturated heterocycles. The summed E-state index contributed by atoms with van der Waals surface area (Å²) >= 11 is 0. The highest BCUT2D eigenvalue weighted by atomic mass is 16.2. The first kappa shape index (κ1) is 20.9. The van der Waals surface area contributed by atoms with Gasteiger partial charge in [-0.05, 0) is 26.2 Å². The van der Waals surface area contributed by atoms with Crippen molar-refractivity contribution in [2.24, 2.45) is 5.92 Å². The number of hydrogen-bond acceptors (Lipinski definition) is 3. The molecule has 1 aliphatic heterocycles. The second-order valence-corrected chi connectivity index (χ2v) is 9.50. The van der Waals surface area contributed by atoms with E-state index in [0.29, 0.717) is 6.67 Å². The van der Waals surface area contributed by atoms with Crippen LogP contribution in [0.15, 0.2) is 5.70 Å². The highest BCUT2D eigenvalue weighted by Gasteiger charge is 2.32. The van der Waals surface area contributed by atoms with E-state index in [0.717, 1.165) is 36.9 Å². The maximum Gasteiger partial charge on any atom is 0.270 e. The van der Waals surface area contributed by atoms with Crippen LogP contribution < -0.4 is 0 Å². The van der Waals surface area contributed by atoms with Gasteiger partial charge in [0.2, 0.25) is 0 Å². The standard InChI is InChI=1S/C23H38N4O/c1-7-26(8-2)22(28)19-15-20-24-21(23(3,4)5)18(27(20)16-25(19)6)14-17-12-10-9-11-13-17/h15,17H,7-14,16H2,1-6H3. The number of carbonyl (C=O) groups excluding carboxylic acids is 1. The maximum atomic E-state index is 13.0. The summed E-state index contributed by atoms with van der Waals surface area (Å²) in [5, 5.41) is 0. The molecule has 0 bridgehead atoms. The molecule has 0 N–H and O–H groups in total. The molecule has 3 rings (SSSR count). The number of amides is 1. The fourth-order valence-corrected chi connectivity index (χ4v) is 4.66. The quantitative estimate of drug-likeness (QED) is 0.752. The number of likely N-dealkylation sites (N-methyl/N-ethyl adjacent to an activating group) is 2. The smallest absolute Gasteiger partial charge is 0.270 e. The number of hydrogen-bond donors (Lipinski definition) is 0. The lowest BCUT2D eigenvalue weighted by Gasteiger charge is -2.32. The van der Waals surface area contributed by atoms with Crippen molar-refractivity contribution in [2.45, 2.75) is 85.2 Å². The van der Waals surface area contributed by atoms with E-state index in [2.05, 4.69) is 30.2 Å². The van der Waals surface area contributed by atoms with Gasteiger partial charge in [-0.3, -0.25) is 4.79 Å². The predicted octanol–water partition coefficient (Wildman–Crippen LogP) is 4.42. The number of rotatable bonds is 5. The van der Waals surface area contributed by atoms with Crippen molar-refractivity contribution in [3.8, 4) is 0 Å². The third-order valence-electron chi connectivity index (χ3n) is 6.32. The molecule has 28 heavy (non-hydrogen) atoms. The second kappa shape index (κ2) is 8.30. The Morgan fingerprint density at radius 2 is 1.82 bits per heavy atom. The van der Waals surface area contributed by atoms with Crippen molar-refractivity contribution in [3.05, 3.63) is 22.9 Å². The summed E-state index contributed by atoms with van der Waals surface area (Å²) in [6.07, 6.45) is 9.89. The Balaban J connectivity index is 1.99. The maximum absolute atomic E-state index is 13.0. The van der Waals surface area contributed by atoms with Gasteiger partial charge in [0, 0.05) is 37.3 Å². The molecule has 1 amide bonds. The first-order valence-electron chi connectivity index (χ1n) is 11.1. The van der Waals surface area contributed by atoms with Crippen molar-refractivity contribution < 1.29 is 4.79 Å². The second-order valence-electron chi connectivity index (χ2n) is 9.50. The van der Waals surface area contributed by atoms with Gasteiger partial charge < -0.3 is 14.4 Å². The molecule has 2 aliphatic rings. The molecule has 1 aliphatic carbocycles. The molecule has 0 radical (unpaired) electrons. The lowest BCUT2D eigenvalue weighted by Crippen LogP contribution is -2.39. The Hall–Kier alpha value is -1.78. The van der Waals surface area contributed by atoms with Gasteiger partial charge in [-0.15, -0.1) is 0 Å². The minimum Gasteiger partial charge on any atom is -0.352 e. The van der Waals surface area contributed by atoms with Crippen molar-refractivity contribution in [3.63, 3.8) is 0 Å². The van der Waals surface area contributed by atoms with E-state index in [1.165, 1.54) is 43.5 Å². The van der Waals surface area contributed by atoms with E-state index < -0.39 is 0 Å². The summed E-state index contributed by atoms with van der Waals surface area (Å²) in [6, 6.07) is 0. The van der Waals surface area contributed by atoms with Gasteiger partial charge in [-0.1, -0.05) is 52.9 Å². The molecule has 2 heterocycles. The fourth-order valence-electron chi connectivity index (χ4n) is 4.66. The van der Waals surface area contributed by atoms with E-state index in [1.807, 2.05) is 31.9 Å². The molecule has 5 nitrogen and oxygen atoms in total. The zero-order valence-electron chi connectivity index (χ0n) is 18.7. The summed E-state index contributed by atoms with van der Waals surface area (Å²) in [5.74, 6) is 1.82. The van der Waals surface area contributed by atoms with Crippen LogP contribution in [0.2, 0.25) is 0 Å². The monoisotopic (exact) mass is 386 g/mol. The zero-order chi connectivity index (χ0) is 20.5. The Morgan fingerprint density at radius 3 is 2.39 bits per heavy atom. The van der Waals surface area contributed by atoms with Gasteiger partial charge in [-0.25, -0.2) is 4.98 Å². The molecule has 1 fully saturated rings. The summed E-state index contributed by atoms with van der Waals surface area (Å²) in [6.45, 7) is 13.0. The largest absolute Gasteiger partial charge is 0.352 e. The summed E-state index contributed by atoms with van der Waals surface area (Å²) in [4.78, 5) is 22.0. The van der Waals surface area contributed by atoms with Crippen LogP contribution in [0.5, 0.6) is 0 Å². The fraction of sp³-hybridized carbons (Fsp3) is 0.739. The van der Waals surface area contributed by atoms with E-state index in [4.69, 9.17) is 4.98 Å². The highest BCUT2D eigenvalue weighted by molar-refractivity contribution is 5.97. The summed E-state index contributed by atoms with van der Waals surface area (Å²) in [5.41, 5.74) is 3.34. The van der Waals surface area contributed by atoms with E-state index in [9.17, 15) is 4.79 Å². The first-order valence-corrected chi connectivity index (χ1v) is 11.1. The lowest BCUT2D eigenvalue weighted by atomic mass is 9.83. The molecule has 1 saturated carbocycles. The van der Waals surface area contributed by atoms with Crippen molar-refractivity contribution in [2.75, 3.05) is 20.1 Å². The molecule has 5 heteroatoms. The van der Waals surface area contributed by atoms with Crippen LogP contribution in [-0.2, 0) is 23.3 Å². The molecule has 0 aromatic carbocycles. The third kappa shape index (κ3) is 4.13. The first-order chi connectivity index (χ1) is 13.3. The van der Waals surface area contributed by atoms with Crippen molar-refractivity contribution >= 4 is 12.0 Å². The van der Waals surface area contributed by atoms with Gasteiger partial charge >= 0.3 is 0 Å². The molecule has 1 aromatic heterocycles. The van der Waals surface area contributed by atoms with Crippen molar-refractivity contribution in [1.82, 2.24) is 19.4 Å². The van der Waals surface area contributed by atoms with Crippen LogP contribution in [-0.4, -0.2) is 45.4 Å². The van der Waals surface area contributed by atoms with Gasteiger partial charge in [0.15, 0.2) is 0 Å². The Kier molecular flexibility index (Phi) is 6.21. The molecular weight excluding hydrogens is 348 g/mol. The predicted molar refractivity (Wildman–Crippen MR) is 115 cm³/mol. The average Bonchev–Trinajstić information content (AvgIpc) is 3.00. The lowest BCUT2D eigenvalue weighted by molar-refractivity contribution is -0.128. The van der Waals surface area contributed by atoms with Gasteiger partial charge in [0.05, 0.1) is 12.4 Å². The minimum absolute atomic E-state index is 0.00377. The van der Waals surface area contributed by atoms with E-state index in [1.54, 1.807) is 0 Å². The SMILES string of the molecule is CCN(CC)C(=O)C1=Cc2nc(C(C)(C)C)c(CC3CCCCC3)n2CN1C. The highest BCUT2D eigenvalue weighted by Crippen LogP contribution is 2.34. The number of imidazole rings is 1. The van der Waals surface area contributed by atoms with Gasteiger partial charge in [0.25, 0.3) is 5.91 Å². The summed E-state index contributed by atoms with van der Waals surface area (Å²) < 4.78 is 2.36. The molecule has 1 aromatic rings. The number of fused-ring (bicyclic) bond motifs is 1. The Morgan fingerprint density at radius 1 is 1.18 bits per heavy atom. The van der Waals surface area contributed by atoms with Gasteiger partial charge in [0.1, 0.15) is 11.5 Å². The van der Waals surface area contributed by atoms with Crippen LogP contribution in [0, 0.1) is 5.92 Å². The molecule has 156 valence electrons. The molecule has 0 spiro atoms. The van der Waals surface area contributed by atoms with Crippen LogP contribution in [0.3, 0.4) is 0 Å². The van der Waals surface area contributed by atoms with Crippen LogP contribution >= 0.6 is 0 Å². The number of carbonyl (C=O) groups is 1. The molecular formula is C23H38N4O. The van der Waals surface area contributed by atoms with Crippen LogP contribution in [0.1, 0.15) is 83.9 Å². The van der Waals surface area contributed by atoms with Gasteiger partial charge in [-0.2, -0.15) is 0 Å². The topological polar surface area (TPSA) is 41.4 Å². The Bertz CT molecular complexity index is 731. The third-order valence-corrected chi connectivity index (χ3v) is 6.32. The van der Waals surface area contributed by atoms with E-state index >= 15 is 0 Å². The number of aromatic nitrogens is 2. The average molecular weight is 387 g/mol. The van der Waals surface area contributed by atoms with Crippen LogP contribution in [0.25, 0.3) is 6.08 Å². The number of nitrogens with zero attached hydrogens (tertiary/aromatic N) is 4. The Labute approximate surface area is 170 Å². The molecule has 0 atom stereocenters. The molecule has 0 unspecified atom stereocenters. The zero-order valence-corrected chi connectivity index (χ0v) is 18.7. The van der Waals surface area contributed by atoms with Crippen molar-refractivity contribution in [1.29, 1.82) is 0 Å². The minimum atomic E-state index is 0.00377.